The first-order chi connectivity index (χ1) is 12.7. The molecule has 1 N–H and O–H groups in total. The van der Waals surface area contributed by atoms with Gasteiger partial charge in [0.05, 0.1) is 5.69 Å². The topological polar surface area (TPSA) is 65.4 Å². The van der Waals surface area contributed by atoms with Crippen LogP contribution in [0, 0.1) is 5.82 Å². The van der Waals surface area contributed by atoms with E-state index >= 15 is 0 Å². The summed E-state index contributed by atoms with van der Waals surface area (Å²) in [6.07, 6.45) is 1.93. The Bertz CT molecular complexity index is 1010. The first-order valence-corrected chi connectivity index (χ1v) is 8.21. The van der Waals surface area contributed by atoms with Crippen LogP contribution in [-0.2, 0) is 4.79 Å². The molecule has 0 unspecified atom stereocenters. The number of ether oxygens (including phenoxy) is 2. The summed E-state index contributed by atoms with van der Waals surface area (Å²) in [4.78, 5) is 16.5. The van der Waals surface area contributed by atoms with Crippen molar-refractivity contribution in [2.75, 3.05) is 12.1 Å². The molecule has 0 radical (unpaired) electrons. The molecule has 0 saturated carbocycles. The lowest BCUT2D eigenvalue weighted by Crippen LogP contribution is -2.25. The Morgan fingerprint density at radius 1 is 1.12 bits per heavy atom. The highest BCUT2D eigenvalue weighted by molar-refractivity contribution is 5.94. The molecule has 130 valence electrons. The van der Waals surface area contributed by atoms with Crippen LogP contribution >= 0.6 is 0 Å². The number of imidazole rings is 1. The van der Waals surface area contributed by atoms with Crippen LogP contribution in [0.15, 0.2) is 48.8 Å². The third-order valence-corrected chi connectivity index (χ3v) is 4.69. The number of aromatic nitrogens is 2. The standard InChI is InChI=1S/C19H14FN3O3/c20-12-2-4-13(5-3-12)23-9-21-19-18(23)14(8-17(24)22-19)11-1-6-15-16(7-11)26-10-25-15/h1-7,9,14H,8,10H2,(H,22,24)/t14-/m0/s1. The quantitative estimate of drug-likeness (QED) is 0.770. The molecule has 0 saturated heterocycles. The van der Waals surface area contributed by atoms with E-state index in [9.17, 15) is 9.18 Å². The number of carbonyl (C=O) groups is 1. The lowest BCUT2D eigenvalue weighted by molar-refractivity contribution is -0.116. The minimum absolute atomic E-state index is 0.0930. The third-order valence-electron chi connectivity index (χ3n) is 4.69. The average molecular weight is 351 g/mol. The number of carbonyl (C=O) groups excluding carboxylic acids is 1. The predicted molar refractivity (Wildman–Crippen MR) is 91.2 cm³/mol. The summed E-state index contributed by atoms with van der Waals surface area (Å²) >= 11 is 0. The van der Waals surface area contributed by atoms with Gasteiger partial charge in [0.25, 0.3) is 0 Å². The summed E-state index contributed by atoms with van der Waals surface area (Å²) in [5.41, 5.74) is 2.58. The fourth-order valence-corrected chi connectivity index (χ4v) is 3.47. The number of fused-ring (bicyclic) bond motifs is 2. The Hall–Kier alpha value is -3.35. The third kappa shape index (κ3) is 2.32. The van der Waals surface area contributed by atoms with Crippen LogP contribution in [0.4, 0.5) is 10.2 Å². The second-order valence-electron chi connectivity index (χ2n) is 6.24. The maximum absolute atomic E-state index is 13.3. The number of anilines is 1. The highest BCUT2D eigenvalue weighted by Gasteiger charge is 2.32. The number of rotatable bonds is 2. The van der Waals surface area contributed by atoms with Gasteiger partial charge in [0.2, 0.25) is 12.7 Å². The summed E-state index contributed by atoms with van der Waals surface area (Å²) in [6, 6.07) is 11.9. The molecular weight excluding hydrogens is 337 g/mol. The van der Waals surface area contributed by atoms with Gasteiger partial charge in [0.15, 0.2) is 17.3 Å². The molecule has 2 aliphatic heterocycles. The molecule has 3 aromatic rings. The van der Waals surface area contributed by atoms with Crippen LogP contribution in [-0.4, -0.2) is 22.3 Å². The van der Waals surface area contributed by atoms with Crippen molar-refractivity contribution in [1.82, 2.24) is 9.55 Å². The zero-order chi connectivity index (χ0) is 17.7. The molecule has 0 fully saturated rings. The lowest BCUT2D eigenvalue weighted by Gasteiger charge is -2.25. The van der Waals surface area contributed by atoms with Gasteiger partial charge in [-0.1, -0.05) is 6.07 Å². The maximum atomic E-state index is 13.3. The van der Waals surface area contributed by atoms with Crippen LogP contribution in [0.5, 0.6) is 11.5 Å². The fraction of sp³-hybridized carbons (Fsp3) is 0.158. The van der Waals surface area contributed by atoms with Crippen molar-refractivity contribution in [3.63, 3.8) is 0 Å². The molecule has 5 rings (SSSR count). The molecule has 0 bridgehead atoms. The predicted octanol–water partition coefficient (Wildman–Crippen LogP) is 3.21. The van der Waals surface area contributed by atoms with Crippen LogP contribution in [0.1, 0.15) is 23.6 Å². The van der Waals surface area contributed by atoms with Gasteiger partial charge >= 0.3 is 0 Å². The highest BCUT2D eigenvalue weighted by atomic mass is 19.1. The van der Waals surface area contributed by atoms with Crippen LogP contribution in [0.3, 0.4) is 0 Å². The SMILES string of the molecule is O=C1C[C@@H](c2ccc3c(c2)OCO3)c2c(ncn2-c2ccc(F)cc2)N1. The Balaban J connectivity index is 1.64. The fourth-order valence-electron chi connectivity index (χ4n) is 3.47. The number of halogens is 1. The molecule has 7 heteroatoms. The van der Waals surface area contributed by atoms with E-state index in [1.807, 2.05) is 22.8 Å². The van der Waals surface area contributed by atoms with Crippen molar-refractivity contribution in [2.45, 2.75) is 12.3 Å². The number of amides is 1. The lowest BCUT2D eigenvalue weighted by atomic mass is 9.89. The van der Waals surface area contributed by atoms with Crippen molar-refractivity contribution >= 4 is 11.7 Å². The molecule has 6 nitrogen and oxygen atoms in total. The van der Waals surface area contributed by atoms with E-state index in [0.717, 1.165) is 16.9 Å². The normalized spacial score (nSPS) is 17.7. The van der Waals surface area contributed by atoms with E-state index in [0.29, 0.717) is 23.7 Å². The zero-order valence-corrected chi connectivity index (χ0v) is 13.6. The van der Waals surface area contributed by atoms with Gasteiger partial charge in [-0.3, -0.25) is 4.79 Å². The molecule has 1 amide bonds. The van der Waals surface area contributed by atoms with Gasteiger partial charge < -0.3 is 19.4 Å². The first kappa shape index (κ1) is 14.9. The molecule has 3 heterocycles. The van der Waals surface area contributed by atoms with E-state index in [-0.39, 0.29) is 24.4 Å². The smallest absolute Gasteiger partial charge is 0.231 e. The van der Waals surface area contributed by atoms with E-state index in [2.05, 4.69) is 10.3 Å². The van der Waals surface area contributed by atoms with Crippen molar-refractivity contribution in [2.24, 2.45) is 0 Å². The Morgan fingerprint density at radius 3 is 2.77 bits per heavy atom. The summed E-state index contributed by atoms with van der Waals surface area (Å²) in [5.74, 6) is 1.30. The summed E-state index contributed by atoms with van der Waals surface area (Å²) < 4.78 is 26.0. The Labute approximate surface area is 148 Å². The van der Waals surface area contributed by atoms with E-state index < -0.39 is 0 Å². The first-order valence-electron chi connectivity index (χ1n) is 8.21. The summed E-state index contributed by atoms with van der Waals surface area (Å²) in [6.45, 7) is 0.197. The Kier molecular flexibility index (Phi) is 3.21. The monoisotopic (exact) mass is 351 g/mol. The Morgan fingerprint density at radius 2 is 1.92 bits per heavy atom. The van der Waals surface area contributed by atoms with Crippen LogP contribution in [0.2, 0.25) is 0 Å². The summed E-state index contributed by atoms with van der Waals surface area (Å²) in [5, 5.41) is 2.81. The van der Waals surface area contributed by atoms with Gasteiger partial charge in [0, 0.05) is 18.0 Å². The highest BCUT2D eigenvalue weighted by Crippen LogP contribution is 2.41. The molecule has 26 heavy (non-hydrogen) atoms. The molecule has 1 aromatic heterocycles. The van der Waals surface area contributed by atoms with Crippen LogP contribution in [0.25, 0.3) is 5.69 Å². The number of hydrogen-bond acceptors (Lipinski definition) is 4. The van der Waals surface area contributed by atoms with Gasteiger partial charge in [-0.05, 0) is 42.0 Å². The second kappa shape index (κ2) is 5.59. The van der Waals surface area contributed by atoms with Gasteiger partial charge in [-0.25, -0.2) is 9.37 Å². The minimum atomic E-state index is -0.302. The molecule has 1 atom stereocenters. The van der Waals surface area contributed by atoms with E-state index in [1.54, 1.807) is 18.5 Å². The minimum Gasteiger partial charge on any atom is -0.454 e. The summed E-state index contributed by atoms with van der Waals surface area (Å²) in [7, 11) is 0. The molecule has 0 aliphatic carbocycles. The number of benzene rings is 2. The van der Waals surface area contributed by atoms with Crippen molar-refractivity contribution in [1.29, 1.82) is 0 Å². The largest absolute Gasteiger partial charge is 0.454 e. The van der Waals surface area contributed by atoms with E-state index in [1.165, 1.54) is 12.1 Å². The average Bonchev–Trinajstić information content (AvgIpc) is 3.27. The maximum Gasteiger partial charge on any atom is 0.231 e. The second-order valence-corrected chi connectivity index (χ2v) is 6.24. The molecule has 0 spiro atoms. The zero-order valence-electron chi connectivity index (χ0n) is 13.6. The van der Waals surface area contributed by atoms with Gasteiger partial charge in [-0.2, -0.15) is 0 Å². The van der Waals surface area contributed by atoms with Crippen molar-refractivity contribution < 1.29 is 18.7 Å². The number of hydrogen-bond donors (Lipinski definition) is 1. The van der Waals surface area contributed by atoms with Crippen LogP contribution < -0.4 is 14.8 Å². The van der Waals surface area contributed by atoms with E-state index in [4.69, 9.17) is 9.47 Å². The van der Waals surface area contributed by atoms with Gasteiger partial charge in [0.1, 0.15) is 12.1 Å². The number of nitrogens with one attached hydrogen (secondary N) is 1. The van der Waals surface area contributed by atoms with Crippen molar-refractivity contribution in [3.05, 3.63) is 65.9 Å². The molecule has 2 aliphatic rings. The van der Waals surface area contributed by atoms with Gasteiger partial charge in [-0.15, -0.1) is 0 Å². The molecule has 2 aromatic carbocycles. The number of nitrogens with zero attached hydrogens (tertiary/aromatic N) is 2. The van der Waals surface area contributed by atoms with Crippen molar-refractivity contribution in [3.8, 4) is 17.2 Å². The molecular formula is C19H14FN3O3.